The number of para-hydroxylation sites is 1. The van der Waals surface area contributed by atoms with E-state index in [-0.39, 0.29) is 10.0 Å². The molecule has 5 heteroatoms. The minimum atomic E-state index is -1.42. The predicted molar refractivity (Wildman–Crippen MR) is 80.3 cm³/mol. The fourth-order valence-corrected chi connectivity index (χ4v) is 2.42. The highest BCUT2D eigenvalue weighted by atomic mass is 79.9. The number of benzene rings is 2. The van der Waals surface area contributed by atoms with E-state index in [1.54, 1.807) is 24.3 Å². The molecule has 2 nitrogen and oxygen atoms in total. The van der Waals surface area contributed by atoms with Gasteiger partial charge in [-0.05, 0) is 24.6 Å². The third-order valence-electron chi connectivity index (χ3n) is 2.99. The third-order valence-corrected chi connectivity index (χ3v) is 3.45. The van der Waals surface area contributed by atoms with Crippen LogP contribution >= 0.6 is 15.9 Å². The molecule has 0 saturated heterocycles. The first-order valence-corrected chi connectivity index (χ1v) is 7.38. The van der Waals surface area contributed by atoms with Gasteiger partial charge in [0.25, 0.3) is 0 Å². The molecule has 2 aromatic rings. The van der Waals surface area contributed by atoms with Crippen LogP contribution in [0.25, 0.3) is 0 Å². The van der Waals surface area contributed by atoms with Gasteiger partial charge in [-0.1, -0.05) is 41.1 Å². The van der Waals surface area contributed by atoms with Crippen LogP contribution in [-0.4, -0.2) is 11.7 Å². The van der Waals surface area contributed by atoms with Gasteiger partial charge in [-0.15, -0.1) is 0 Å². The van der Waals surface area contributed by atoms with Crippen LogP contribution in [0, 0.1) is 11.6 Å². The highest BCUT2D eigenvalue weighted by Crippen LogP contribution is 2.33. The molecule has 21 heavy (non-hydrogen) atoms. The van der Waals surface area contributed by atoms with Crippen LogP contribution in [0.3, 0.4) is 0 Å². The zero-order valence-corrected chi connectivity index (χ0v) is 13.0. The molecule has 0 aliphatic heterocycles. The SMILES string of the molecule is CCCOc1ccccc1C(O)c1c(F)cc(Br)cc1F. The van der Waals surface area contributed by atoms with Gasteiger partial charge in [-0.2, -0.15) is 0 Å². The molecular weight excluding hydrogens is 342 g/mol. The van der Waals surface area contributed by atoms with Crippen molar-refractivity contribution >= 4 is 15.9 Å². The fraction of sp³-hybridized carbons (Fsp3) is 0.250. The summed E-state index contributed by atoms with van der Waals surface area (Å²) >= 11 is 3.01. The standard InChI is InChI=1S/C16H15BrF2O2/c1-2-7-21-14-6-4-3-5-11(14)16(20)15-12(18)8-10(17)9-13(15)19/h3-6,8-9,16,20H,2,7H2,1H3. The lowest BCUT2D eigenvalue weighted by Gasteiger charge is -2.17. The van der Waals surface area contributed by atoms with E-state index >= 15 is 0 Å². The van der Waals surface area contributed by atoms with E-state index < -0.39 is 17.7 Å². The second-order valence-electron chi connectivity index (χ2n) is 4.57. The molecule has 0 spiro atoms. The second kappa shape index (κ2) is 7.00. The summed E-state index contributed by atoms with van der Waals surface area (Å²) in [5.41, 5.74) is -0.0446. The van der Waals surface area contributed by atoms with Gasteiger partial charge < -0.3 is 9.84 Å². The molecule has 112 valence electrons. The first-order chi connectivity index (χ1) is 10.0. The molecule has 0 amide bonds. The van der Waals surface area contributed by atoms with Crippen LogP contribution in [0.5, 0.6) is 5.75 Å². The summed E-state index contributed by atoms with van der Waals surface area (Å²) in [5.74, 6) is -1.19. The Kier molecular flexibility index (Phi) is 5.31. The highest BCUT2D eigenvalue weighted by Gasteiger charge is 2.23. The zero-order chi connectivity index (χ0) is 15.4. The maximum atomic E-state index is 14.0. The van der Waals surface area contributed by atoms with Gasteiger partial charge in [0.15, 0.2) is 0 Å². The van der Waals surface area contributed by atoms with Crippen molar-refractivity contribution in [2.45, 2.75) is 19.4 Å². The van der Waals surface area contributed by atoms with Crippen molar-refractivity contribution in [3.63, 3.8) is 0 Å². The molecule has 0 heterocycles. The molecule has 0 aliphatic rings. The van der Waals surface area contributed by atoms with Crippen molar-refractivity contribution in [1.29, 1.82) is 0 Å². The summed E-state index contributed by atoms with van der Waals surface area (Å²) in [6.45, 7) is 2.42. The van der Waals surface area contributed by atoms with Crippen LogP contribution in [0.2, 0.25) is 0 Å². The normalized spacial score (nSPS) is 12.2. The minimum absolute atomic E-state index is 0.281. The summed E-state index contributed by atoms with van der Waals surface area (Å²) < 4.78 is 33.7. The van der Waals surface area contributed by atoms with E-state index in [4.69, 9.17) is 4.74 Å². The molecular formula is C16H15BrF2O2. The summed E-state index contributed by atoms with van der Waals surface area (Å²) in [4.78, 5) is 0. The van der Waals surface area contributed by atoms with Gasteiger partial charge in [0.05, 0.1) is 12.2 Å². The van der Waals surface area contributed by atoms with E-state index in [0.29, 0.717) is 17.9 Å². The quantitative estimate of drug-likeness (QED) is 0.848. The fourth-order valence-electron chi connectivity index (χ4n) is 2.02. The Morgan fingerprint density at radius 2 is 1.81 bits per heavy atom. The summed E-state index contributed by atoms with van der Waals surface area (Å²) in [6.07, 6.45) is -0.628. The van der Waals surface area contributed by atoms with Gasteiger partial charge >= 0.3 is 0 Å². The Morgan fingerprint density at radius 3 is 2.43 bits per heavy atom. The molecule has 0 saturated carbocycles. The van der Waals surface area contributed by atoms with Crippen molar-refractivity contribution in [2.24, 2.45) is 0 Å². The molecule has 1 atom stereocenters. The van der Waals surface area contributed by atoms with E-state index in [1.807, 2.05) is 6.92 Å². The average molecular weight is 357 g/mol. The Labute approximate surface area is 130 Å². The first-order valence-electron chi connectivity index (χ1n) is 6.58. The molecule has 0 radical (unpaired) electrons. The van der Waals surface area contributed by atoms with Crippen molar-refractivity contribution in [3.8, 4) is 5.75 Å². The topological polar surface area (TPSA) is 29.5 Å². The van der Waals surface area contributed by atoms with Gasteiger partial charge in [-0.25, -0.2) is 8.78 Å². The third kappa shape index (κ3) is 3.60. The Hall–Kier alpha value is -1.46. The maximum absolute atomic E-state index is 14.0. The molecule has 0 bridgehead atoms. The monoisotopic (exact) mass is 356 g/mol. The number of aliphatic hydroxyl groups excluding tert-OH is 1. The van der Waals surface area contributed by atoms with Gasteiger partial charge in [0, 0.05) is 10.0 Å². The van der Waals surface area contributed by atoms with E-state index in [1.165, 1.54) is 0 Å². The molecule has 0 fully saturated rings. The number of hydrogen-bond acceptors (Lipinski definition) is 2. The van der Waals surface area contributed by atoms with Crippen LogP contribution in [-0.2, 0) is 0 Å². The van der Waals surface area contributed by atoms with Gasteiger partial charge in [-0.3, -0.25) is 0 Å². The molecule has 2 aromatic carbocycles. The number of halogens is 3. The lowest BCUT2D eigenvalue weighted by molar-refractivity contribution is 0.200. The predicted octanol–water partition coefficient (Wildman–Crippen LogP) is 4.60. The van der Waals surface area contributed by atoms with Crippen molar-refractivity contribution in [1.82, 2.24) is 0 Å². The smallest absolute Gasteiger partial charge is 0.133 e. The molecule has 0 aromatic heterocycles. The maximum Gasteiger partial charge on any atom is 0.133 e. The second-order valence-corrected chi connectivity index (χ2v) is 5.49. The van der Waals surface area contributed by atoms with Gasteiger partial charge in [0.2, 0.25) is 0 Å². The molecule has 1 unspecified atom stereocenters. The summed E-state index contributed by atoms with van der Waals surface area (Å²) in [7, 11) is 0. The number of rotatable bonds is 5. The number of hydrogen-bond donors (Lipinski definition) is 1. The lowest BCUT2D eigenvalue weighted by atomic mass is 9.99. The molecule has 1 N–H and O–H groups in total. The molecule has 2 rings (SSSR count). The van der Waals surface area contributed by atoms with Gasteiger partial charge in [0.1, 0.15) is 23.5 Å². The van der Waals surface area contributed by atoms with Crippen molar-refractivity contribution in [3.05, 3.63) is 63.6 Å². The zero-order valence-electron chi connectivity index (χ0n) is 11.4. The first kappa shape index (κ1) is 15.9. The Bertz CT molecular complexity index is 608. The van der Waals surface area contributed by atoms with Crippen LogP contribution < -0.4 is 4.74 Å². The minimum Gasteiger partial charge on any atom is -0.493 e. The van der Waals surface area contributed by atoms with Crippen molar-refractivity contribution in [2.75, 3.05) is 6.61 Å². The Balaban J connectivity index is 2.43. The van der Waals surface area contributed by atoms with E-state index in [0.717, 1.165) is 18.6 Å². The average Bonchev–Trinajstić information content (AvgIpc) is 2.44. The largest absolute Gasteiger partial charge is 0.493 e. The van der Waals surface area contributed by atoms with Crippen molar-refractivity contribution < 1.29 is 18.6 Å². The van der Waals surface area contributed by atoms with E-state index in [2.05, 4.69) is 15.9 Å². The van der Waals surface area contributed by atoms with Crippen LogP contribution in [0.4, 0.5) is 8.78 Å². The van der Waals surface area contributed by atoms with Crippen LogP contribution in [0.1, 0.15) is 30.6 Å². The number of aliphatic hydroxyl groups is 1. The Morgan fingerprint density at radius 1 is 1.19 bits per heavy atom. The van der Waals surface area contributed by atoms with E-state index in [9.17, 15) is 13.9 Å². The number of ether oxygens (including phenoxy) is 1. The molecule has 0 aliphatic carbocycles. The van der Waals surface area contributed by atoms with Crippen LogP contribution in [0.15, 0.2) is 40.9 Å². The summed E-state index contributed by atoms with van der Waals surface area (Å²) in [6, 6.07) is 8.94. The lowest BCUT2D eigenvalue weighted by Crippen LogP contribution is -2.08. The highest BCUT2D eigenvalue weighted by molar-refractivity contribution is 9.10. The summed E-state index contributed by atoms with van der Waals surface area (Å²) in [5, 5.41) is 10.3.